The second-order valence-corrected chi connectivity index (χ2v) is 4.57. The third kappa shape index (κ3) is 2.40. The van der Waals surface area contributed by atoms with Gasteiger partial charge in [0.25, 0.3) is 0 Å². The van der Waals surface area contributed by atoms with Crippen LogP contribution in [0.1, 0.15) is 11.5 Å². The van der Waals surface area contributed by atoms with E-state index in [-0.39, 0.29) is 17.1 Å². The Labute approximate surface area is 112 Å². The minimum Gasteiger partial charge on any atom is -0.468 e. The molecule has 0 aromatic heterocycles. The third-order valence-corrected chi connectivity index (χ3v) is 3.27. The second kappa shape index (κ2) is 5.13. The molecule has 102 valence electrons. The van der Waals surface area contributed by atoms with Gasteiger partial charge in [0.15, 0.2) is 0 Å². The number of esters is 1. The minimum absolute atomic E-state index is 0.0337. The Morgan fingerprint density at radius 3 is 2.53 bits per heavy atom. The highest BCUT2D eigenvalue weighted by molar-refractivity contribution is 6.30. The number of hydrogen-bond acceptors (Lipinski definition) is 3. The summed E-state index contributed by atoms with van der Waals surface area (Å²) in [5.74, 6) is -5.41. The predicted octanol–water partition coefficient (Wildman–Crippen LogP) is 1.62. The molecule has 1 aliphatic rings. The lowest BCUT2D eigenvalue weighted by Crippen LogP contribution is -2.28. The summed E-state index contributed by atoms with van der Waals surface area (Å²) in [6.07, 6.45) is 0. The number of rotatable bonds is 2. The molecule has 19 heavy (non-hydrogen) atoms. The van der Waals surface area contributed by atoms with Gasteiger partial charge in [0, 0.05) is 23.0 Å². The zero-order chi connectivity index (χ0) is 14.2. The van der Waals surface area contributed by atoms with E-state index in [2.05, 4.69) is 10.1 Å². The molecule has 1 amide bonds. The van der Waals surface area contributed by atoms with Crippen LogP contribution in [0.2, 0.25) is 5.02 Å². The van der Waals surface area contributed by atoms with Gasteiger partial charge in [-0.05, 0) is 12.1 Å². The number of methoxy groups -OCH3 is 1. The van der Waals surface area contributed by atoms with Crippen molar-refractivity contribution < 1.29 is 23.1 Å². The third-order valence-electron chi connectivity index (χ3n) is 3.05. The molecule has 7 heteroatoms. The average molecular weight is 290 g/mol. The molecule has 1 aromatic rings. The van der Waals surface area contributed by atoms with Crippen LogP contribution in [-0.2, 0) is 14.3 Å². The van der Waals surface area contributed by atoms with E-state index in [1.165, 1.54) is 0 Å². The smallest absolute Gasteiger partial charge is 0.318 e. The molecule has 1 aromatic carbocycles. The van der Waals surface area contributed by atoms with Crippen LogP contribution in [0.15, 0.2) is 12.1 Å². The lowest BCUT2D eigenvalue weighted by atomic mass is 9.88. The van der Waals surface area contributed by atoms with Crippen molar-refractivity contribution in [3.05, 3.63) is 34.4 Å². The van der Waals surface area contributed by atoms with E-state index in [0.29, 0.717) is 0 Å². The van der Waals surface area contributed by atoms with Crippen LogP contribution >= 0.6 is 11.6 Å². The van der Waals surface area contributed by atoms with Gasteiger partial charge in [-0.15, -0.1) is 0 Å². The number of amides is 1. The maximum Gasteiger partial charge on any atom is 0.318 e. The lowest BCUT2D eigenvalue weighted by molar-refractivity contribution is -0.149. The van der Waals surface area contributed by atoms with Gasteiger partial charge in [-0.3, -0.25) is 9.59 Å². The Morgan fingerprint density at radius 2 is 2.00 bits per heavy atom. The van der Waals surface area contributed by atoms with E-state index in [1.54, 1.807) is 0 Å². The molecule has 4 nitrogen and oxygen atoms in total. The largest absolute Gasteiger partial charge is 0.468 e. The minimum atomic E-state index is -1.25. The van der Waals surface area contributed by atoms with Gasteiger partial charge in [-0.25, -0.2) is 8.78 Å². The van der Waals surface area contributed by atoms with Crippen molar-refractivity contribution in [1.29, 1.82) is 0 Å². The van der Waals surface area contributed by atoms with Crippen molar-refractivity contribution >= 4 is 23.5 Å². The molecule has 1 saturated heterocycles. The molecule has 0 bridgehead atoms. The number of carbonyl (C=O) groups excluding carboxylic acids is 2. The molecule has 1 N–H and O–H groups in total. The van der Waals surface area contributed by atoms with E-state index in [9.17, 15) is 18.4 Å². The van der Waals surface area contributed by atoms with Crippen molar-refractivity contribution in [3.8, 4) is 0 Å². The number of benzene rings is 1. The molecular weight excluding hydrogens is 280 g/mol. The van der Waals surface area contributed by atoms with Crippen molar-refractivity contribution in [3.63, 3.8) is 0 Å². The van der Waals surface area contributed by atoms with Crippen LogP contribution in [0.4, 0.5) is 8.78 Å². The highest BCUT2D eigenvalue weighted by Crippen LogP contribution is 2.34. The van der Waals surface area contributed by atoms with E-state index in [0.717, 1.165) is 19.2 Å². The summed E-state index contributed by atoms with van der Waals surface area (Å²) in [5, 5.41) is 2.30. The quantitative estimate of drug-likeness (QED) is 0.665. The molecule has 2 atom stereocenters. The lowest BCUT2D eigenvalue weighted by Gasteiger charge is -2.16. The van der Waals surface area contributed by atoms with Crippen LogP contribution in [0, 0.1) is 17.6 Å². The van der Waals surface area contributed by atoms with Gasteiger partial charge >= 0.3 is 5.97 Å². The van der Waals surface area contributed by atoms with Crippen LogP contribution in [0.5, 0.6) is 0 Å². The van der Waals surface area contributed by atoms with Crippen LogP contribution in [0.3, 0.4) is 0 Å². The van der Waals surface area contributed by atoms with E-state index >= 15 is 0 Å². The molecule has 2 rings (SSSR count). The van der Waals surface area contributed by atoms with Gasteiger partial charge in [0.2, 0.25) is 5.91 Å². The molecular formula is C12H10ClF2NO3. The molecule has 1 heterocycles. The van der Waals surface area contributed by atoms with Crippen LogP contribution in [0.25, 0.3) is 0 Å². The highest BCUT2D eigenvalue weighted by Gasteiger charge is 2.44. The first-order valence-corrected chi connectivity index (χ1v) is 5.83. The molecule has 0 spiro atoms. The summed E-state index contributed by atoms with van der Waals surface area (Å²) in [5.41, 5.74) is -0.335. The second-order valence-electron chi connectivity index (χ2n) is 4.14. The van der Waals surface area contributed by atoms with E-state index < -0.39 is 35.3 Å². The van der Waals surface area contributed by atoms with Crippen molar-refractivity contribution in [2.45, 2.75) is 5.92 Å². The Morgan fingerprint density at radius 1 is 1.42 bits per heavy atom. The van der Waals surface area contributed by atoms with Crippen LogP contribution < -0.4 is 5.32 Å². The summed E-state index contributed by atoms with van der Waals surface area (Å²) >= 11 is 5.53. The number of nitrogens with one attached hydrogen (secondary N) is 1. The standard InChI is InChI=1S/C12H10ClF2NO3/c1-19-12(18)10-6(4-16-11(10)17)9-7(14)2-5(13)3-8(9)15/h2-3,6,10H,4H2,1H3,(H,16,17)/t6-,10-/m0/s1. The van der Waals surface area contributed by atoms with Gasteiger partial charge in [-0.1, -0.05) is 11.6 Å². The number of halogens is 3. The van der Waals surface area contributed by atoms with E-state index in [1.807, 2.05) is 0 Å². The highest BCUT2D eigenvalue weighted by atomic mass is 35.5. The summed E-state index contributed by atoms with van der Waals surface area (Å²) in [4.78, 5) is 23.1. The number of ether oxygens (including phenoxy) is 1. The molecule has 0 aliphatic carbocycles. The Balaban J connectivity index is 2.46. The van der Waals surface area contributed by atoms with Crippen molar-refractivity contribution in [2.24, 2.45) is 5.92 Å². The monoisotopic (exact) mass is 289 g/mol. The number of carbonyl (C=O) groups is 2. The van der Waals surface area contributed by atoms with Crippen LogP contribution in [-0.4, -0.2) is 25.5 Å². The zero-order valence-electron chi connectivity index (χ0n) is 9.88. The summed E-state index contributed by atoms with van der Waals surface area (Å²) in [7, 11) is 1.11. The first-order valence-electron chi connectivity index (χ1n) is 5.45. The van der Waals surface area contributed by atoms with E-state index in [4.69, 9.17) is 11.6 Å². The SMILES string of the molecule is COC(=O)[C@@H]1C(=O)NC[C@H]1c1c(F)cc(Cl)cc1F. The first-order chi connectivity index (χ1) is 8.95. The normalized spacial score (nSPS) is 22.2. The average Bonchev–Trinajstić information content (AvgIpc) is 2.69. The summed E-state index contributed by atoms with van der Waals surface area (Å²) in [6.45, 7) is -0.0337. The summed E-state index contributed by atoms with van der Waals surface area (Å²) in [6, 6.07) is 1.88. The molecule has 1 fully saturated rings. The van der Waals surface area contributed by atoms with Gasteiger partial charge in [0.1, 0.15) is 17.6 Å². The first kappa shape index (κ1) is 13.7. The summed E-state index contributed by atoms with van der Waals surface area (Å²) < 4.78 is 32.1. The molecule has 0 unspecified atom stereocenters. The zero-order valence-corrected chi connectivity index (χ0v) is 10.6. The fraction of sp³-hybridized carbons (Fsp3) is 0.333. The Bertz CT molecular complexity index is 527. The number of hydrogen-bond donors (Lipinski definition) is 1. The fourth-order valence-corrected chi connectivity index (χ4v) is 2.39. The topological polar surface area (TPSA) is 55.4 Å². The predicted molar refractivity (Wildman–Crippen MR) is 62.6 cm³/mol. The van der Waals surface area contributed by atoms with Crippen molar-refractivity contribution in [1.82, 2.24) is 5.32 Å². The maximum atomic E-state index is 13.8. The Hall–Kier alpha value is -1.69. The van der Waals surface area contributed by atoms with Gasteiger partial charge < -0.3 is 10.1 Å². The molecule has 1 aliphatic heterocycles. The molecule has 0 saturated carbocycles. The van der Waals surface area contributed by atoms with Gasteiger partial charge in [-0.2, -0.15) is 0 Å². The fourth-order valence-electron chi connectivity index (χ4n) is 2.20. The maximum absolute atomic E-state index is 13.8. The van der Waals surface area contributed by atoms with Gasteiger partial charge in [0.05, 0.1) is 7.11 Å². The molecule has 0 radical (unpaired) electrons. The Kier molecular flexibility index (Phi) is 3.71. The van der Waals surface area contributed by atoms with Crippen molar-refractivity contribution in [2.75, 3.05) is 13.7 Å².